The Morgan fingerprint density at radius 2 is 2.07 bits per heavy atom. The van der Waals surface area contributed by atoms with Crippen LogP contribution < -0.4 is 16.4 Å². The van der Waals surface area contributed by atoms with Crippen molar-refractivity contribution in [2.24, 2.45) is 11.7 Å². The fourth-order valence-electron chi connectivity index (χ4n) is 4.27. The lowest BCUT2D eigenvalue weighted by Gasteiger charge is -2.32. The van der Waals surface area contributed by atoms with Crippen molar-refractivity contribution < 1.29 is 14.4 Å². The third-order valence-electron chi connectivity index (χ3n) is 5.65. The Balaban J connectivity index is 1.77. The second-order valence-electron chi connectivity index (χ2n) is 8.57. The Morgan fingerprint density at radius 3 is 2.71 bits per heavy atom. The molecule has 2 aliphatic heterocycles. The summed E-state index contributed by atoms with van der Waals surface area (Å²) in [4.78, 5) is 38.4. The number of piperidine rings is 1. The third-order valence-corrected chi connectivity index (χ3v) is 5.65. The van der Waals surface area contributed by atoms with Crippen molar-refractivity contribution in [1.29, 1.82) is 0 Å². The molecule has 7 heteroatoms. The van der Waals surface area contributed by atoms with Gasteiger partial charge in [-0.05, 0) is 36.8 Å². The maximum absolute atomic E-state index is 13.1. The molecule has 1 fully saturated rings. The summed E-state index contributed by atoms with van der Waals surface area (Å²) < 4.78 is 0. The Morgan fingerprint density at radius 1 is 1.32 bits per heavy atom. The van der Waals surface area contributed by atoms with E-state index in [1.165, 1.54) is 0 Å². The zero-order valence-corrected chi connectivity index (χ0v) is 16.9. The molecule has 0 saturated carbocycles. The molecule has 1 saturated heterocycles. The van der Waals surface area contributed by atoms with Gasteiger partial charge >= 0.3 is 0 Å². The highest BCUT2D eigenvalue weighted by Crippen LogP contribution is 2.30. The van der Waals surface area contributed by atoms with Crippen LogP contribution in [0.4, 0.5) is 0 Å². The van der Waals surface area contributed by atoms with E-state index in [1.807, 2.05) is 18.2 Å². The first-order valence-corrected chi connectivity index (χ1v) is 9.94. The molecule has 0 radical (unpaired) electrons. The number of rotatable bonds is 7. The predicted molar refractivity (Wildman–Crippen MR) is 106 cm³/mol. The summed E-state index contributed by atoms with van der Waals surface area (Å²) in [6.45, 7) is 7.88. The van der Waals surface area contributed by atoms with Gasteiger partial charge in [0, 0.05) is 37.2 Å². The van der Waals surface area contributed by atoms with Crippen molar-refractivity contribution >= 4 is 17.7 Å². The number of carbonyl (C=O) groups is 3. The van der Waals surface area contributed by atoms with Crippen LogP contribution in [0.5, 0.6) is 0 Å². The van der Waals surface area contributed by atoms with E-state index < -0.39 is 6.04 Å². The standard InChI is InChI=1S/C21H30N4O3/c1-13(2)9-21(3,12-22)23-10-14-5-4-6-15-11-25(20(28)18(14)15)16-7-8-17(26)24-19(16)27/h4-6,13,16,23H,7-12,22H2,1-3H3,(H,24,26,27). The lowest BCUT2D eigenvalue weighted by Crippen LogP contribution is -2.52. The van der Waals surface area contributed by atoms with Crippen LogP contribution in [0.3, 0.4) is 0 Å². The van der Waals surface area contributed by atoms with Gasteiger partial charge in [-0.3, -0.25) is 19.7 Å². The first kappa shape index (κ1) is 20.5. The Labute approximate surface area is 166 Å². The molecular weight excluding hydrogens is 356 g/mol. The summed E-state index contributed by atoms with van der Waals surface area (Å²) in [5, 5.41) is 5.87. The van der Waals surface area contributed by atoms with Crippen LogP contribution in [-0.4, -0.2) is 40.7 Å². The van der Waals surface area contributed by atoms with Crippen molar-refractivity contribution in [1.82, 2.24) is 15.5 Å². The normalized spacial score (nSPS) is 21.7. The highest BCUT2D eigenvalue weighted by Gasteiger charge is 2.40. The van der Waals surface area contributed by atoms with E-state index in [0.717, 1.165) is 17.5 Å². The molecule has 3 amide bonds. The van der Waals surface area contributed by atoms with Gasteiger partial charge in [0.25, 0.3) is 5.91 Å². The topological polar surface area (TPSA) is 105 Å². The Kier molecular flexibility index (Phi) is 5.86. The average molecular weight is 386 g/mol. The van der Waals surface area contributed by atoms with Crippen LogP contribution in [0.25, 0.3) is 0 Å². The smallest absolute Gasteiger partial charge is 0.255 e. The van der Waals surface area contributed by atoms with Gasteiger partial charge in [-0.1, -0.05) is 32.0 Å². The molecule has 7 nitrogen and oxygen atoms in total. The first-order valence-electron chi connectivity index (χ1n) is 9.94. The number of carbonyl (C=O) groups excluding carboxylic acids is 3. The monoisotopic (exact) mass is 386 g/mol. The van der Waals surface area contributed by atoms with E-state index >= 15 is 0 Å². The number of imide groups is 1. The molecule has 2 heterocycles. The predicted octanol–water partition coefficient (Wildman–Crippen LogP) is 1.30. The molecule has 1 aromatic rings. The van der Waals surface area contributed by atoms with Crippen molar-refractivity contribution in [2.75, 3.05) is 6.54 Å². The number of hydrogen-bond acceptors (Lipinski definition) is 5. The molecule has 1 aromatic carbocycles. The molecule has 152 valence electrons. The van der Waals surface area contributed by atoms with Gasteiger partial charge in [0.1, 0.15) is 6.04 Å². The van der Waals surface area contributed by atoms with Crippen LogP contribution >= 0.6 is 0 Å². The van der Waals surface area contributed by atoms with Crippen LogP contribution in [0, 0.1) is 5.92 Å². The summed E-state index contributed by atoms with van der Waals surface area (Å²) in [5.74, 6) is -0.293. The van der Waals surface area contributed by atoms with Gasteiger partial charge in [0.05, 0.1) is 0 Å². The number of nitrogens with two attached hydrogens (primary N) is 1. The minimum atomic E-state index is -0.589. The minimum Gasteiger partial charge on any atom is -0.329 e. The zero-order valence-electron chi connectivity index (χ0n) is 16.9. The molecule has 0 aromatic heterocycles. The Bertz CT molecular complexity index is 792. The second-order valence-corrected chi connectivity index (χ2v) is 8.57. The fraction of sp³-hybridized carbons (Fsp3) is 0.571. The molecule has 0 spiro atoms. The second kappa shape index (κ2) is 8.01. The van der Waals surface area contributed by atoms with E-state index in [1.54, 1.807) is 4.90 Å². The number of hydrogen-bond donors (Lipinski definition) is 3. The summed E-state index contributed by atoms with van der Waals surface area (Å²) >= 11 is 0. The molecule has 2 aliphatic rings. The molecule has 0 aliphatic carbocycles. The number of amides is 3. The molecule has 3 rings (SSSR count). The van der Waals surface area contributed by atoms with Crippen LogP contribution in [0.2, 0.25) is 0 Å². The molecular formula is C21H30N4O3. The van der Waals surface area contributed by atoms with Crippen molar-refractivity contribution in [3.63, 3.8) is 0 Å². The van der Waals surface area contributed by atoms with Gasteiger partial charge in [-0.15, -0.1) is 0 Å². The summed E-state index contributed by atoms with van der Waals surface area (Å²) in [5.41, 5.74) is 8.30. The van der Waals surface area contributed by atoms with E-state index in [-0.39, 0.29) is 29.7 Å². The third kappa shape index (κ3) is 4.10. The molecule has 4 N–H and O–H groups in total. The summed E-state index contributed by atoms with van der Waals surface area (Å²) in [6.07, 6.45) is 1.57. The van der Waals surface area contributed by atoms with Gasteiger partial charge in [0.15, 0.2) is 0 Å². The lowest BCUT2D eigenvalue weighted by atomic mass is 9.90. The largest absolute Gasteiger partial charge is 0.329 e. The van der Waals surface area contributed by atoms with E-state index in [0.29, 0.717) is 37.5 Å². The first-order chi connectivity index (χ1) is 13.2. The zero-order chi connectivity index (χ0) is 20.5. The minimum absolute atomic E-state index is 0.139. The number of nitrogens with zero attached hydrogens (tertiary/aromatic N) is 1. The summed E-state index contributed by atoms with van der Waals surface area (Å²) in [7, 11) is 0. The summed E-state index contributed by atoms with van der Waals surface area (Å²) in [6, 6.07) is 5.23. The van der Waals surface area contributed by atoms with E-state index in [2.05, 4.69) is 31.4 Å². The number of nitrogens with one attached hydrogen (secondary N) is 2. The fourth-order valence-corrected chi connectivity index (χ4v) is 4.27. The van der Waals surface area contributed by atoms with Crippen LogP contribution in [-0.2, 0) is 22.7 Å². The SMILES string of the molecule is CC(C)CC(C)(CN)NCc1cccc2c1C(=O)N(C1CCC(=O)NC1=O)C2. The Hall–Kier alpha value is -2.25. The molecule has 2 unspecified atom stereocenters. The van der Waals surface area contributed by atoms with Gasteiger partial charge in [0.2, 0.25) is 11.8 Å². The number of benzene rings is 1. The average Bonchev–Trinajstić information content (AvgIpc) is 2.97. The van der Waals surface area contributed by atoms with Gasteiger partial charge < -0.3 is 16.0 Å². The maximum Gasteiger partial charge on any atom is 0.255 e. The van der Waals surface area contributed by atoms with E-state index in [9.17, 15) is 14.4 Å². The van der Waals surface area contributed by atoms with Gasteiger partial charge in [-0.2, -0.15) is 0 Å². The van der Waals surface area contributed by atoms with Gasteiger partial charge in [-0.25, -0.2) is 0 Å². The van der Waals surface area contributed by atoms with Crippen LogP contribution in [0.1, 0.15) is 61.5 Å². The number of fused-ring (bicyclic) bond motifs is 1. The van der Waals surface area contributed by atoms with Crippen molar-refractivity contribution in [3.05, 3.63) is 34.9 Å². The highest BCUT2D eigenvalue weighted by molar-refractivity contribution is 6.05. The quantitative estimate of drug-likeness (QED) is 0.613. The van der Waals surface area contributed by atoms with Crippen molar-refractivity contribution in [3.8, 4) is 0 Å². The highest BCUT2D eigenvalue weighted by atomic mass is 16.2. The molecule has 2 atom stereocenters. The van der Waals surface area contributed by atoms with Crippen molar-refractivity contribution in [2.45, 2.75) is 64.7 Å². The van der Waals surface area contributed by atoms with E-state index in [4.69, 9.17) is 5.73 Å². The van der Waals surface area contributed by atoms with Crippen LogP contribution in [0.15, 0.2) is 18.2 Å². The molecule has 0 bridgehead atoms. The lowest BCUT2D eigenvalue weighted by molar-refractivity contribution is -0.136. The molecule has 28 heavy (non-hydrogen) atoms. The maximum atomic E-state index is 13.1.